The molecule has 3 aliphatic rings. The van der Waals surface area contributed by atoms with Crippen molar-refractivity contribution in [2.75, 3.05) is 7.11 Å². The van der Waals surface area contributed by atoms with E-state index in [1.165, 1.54) is 20.0 Å². The normalized spacial score (nSPS) is 38.2. The van der Waals surface area contributed by atoms with Crippen LogP contribution in [0.25, 0.3) is 0 Å². The van der Waals surface area contributed by atoms with Crippen LogP contribution in [0, 0.1) is 22.7 Å². The van der Waals surface area contributed by atoms with Gasteiger partial charge in [0.15, 0.2) is 12.4 Å². The third-order valence-electron chi connectivity index (χ3n) is 7.71. The number of esters is 1. The van der Waals surface area contributed by atoms with Gasteiger partial charge in [0.1, 0.15) is 0 Å². The van der Waals surface area contributed by atoms with Gasteiger partial charge in [0.2, 0.25) is 0 Å². The molecule has 1 saturated heterocycles. The largest absolute Gasteiger partial charge is 0.467 e. The van der Waals surface area contributed by atoms with E-state index in [1.807, 2.05) is 30.3 Å². The maximum absolute atomic E-state index is 12.3. The molecule has 0 radical (unpaired) electrons. The molecule has 0 spiro atoms. The van der Waals surface area contributed by atoms with Crippen LogP contribution in [0.5, 0.6) is 0 Å². The van der Waals surface area contributed by atoms with E-state index in [-0.39, 0.29) is 23.8 Å². The maximum atomic E-state index is 12.3. The number of ether oxygens (including phenoxy) is 3. The summed E-state index contributed by atoms with van der Waals surface area (Å²) in [5.74, 6) is 0.907. The van der Waals surface area contributed by atoms with E-state index in [0.717, 1.165) is 12.0 Å². The molecule has 142 valence electrons. The Bertz CT molecular complexity index is 670. The molecule has 2 aliphatic carbocycles. The van der Waals surface area contributed by atoms with Crippen molar-refractivity contribution in [1.29, 1.82) is 0 Å². The van der Waals surface area contributed by atoms with Crippen molar-refractivity contribution in [3.63, 3.8) is 0 Å². The van der Waals surface area contributed by atoms with E-state index < -0.39 is 6.10 Å². The van der Waals surface area contributed by atoms with Crippen LogP contribution >= 0.6 is 0 Å². The number of methoxy groups -OCH3 is 1. The fraction of sp³-hybridized carbons (Fsp3) is 0.682. The molecule has 1 aromatic rings. The Labute approximate surface area is 156 Å². The molecule has 0 N–H and O–H groups in total. The summed E-state index contributed by atoms with van der Waals surface area (Å²) in [7, 11) is 1.41. The highest BCUT2D eigenvalue weighted by molar-refractivity contribution is 5.75. The van der Waals surface area contributed by atoms with Gasteiger partial charge in [0, 0.05) is 12.8 Å². The molecule has 1 heterocycles. The van der Waals surface area contributed by atoms with Gasteiger partial charge in [-0.05, 0) is 41.1 Å². The van der Waals surface area contributed by atoms with Crippen LogP contribution in [0.15, 0.2) is 30.3 Å². The van der Waals surface area contributed by atoms with Gasteiger partial charge in [0.25, 0.3) is 0 Å². The summed E-state index contributed by atoms with van der Waals surface area (Å²) in [6, 6.07) is 9.93. The van der Waals surface area contributed by atoms with Gasteiger partial charge in [0.05, 0.1) is 13.2 Å². The van der Waals surface area contributed by atoms with Crippen LogP contribution in [0.3, 0.4) is 0 Å². The smallest absolute Gasteiger partial charge is 0.335 e. The van der Waals surface area contributed by atoms with Crippen molar-refractivity contribution in [2.24, 2.45) is 22.7 Å². The van der Waals surface area contributed by atoms with Gasteiger partial charge >= 0.3 is 5.97 Å². The van der Waals surface area contributed by atoms with Gasteiger partial charge < -0.3 is 14.2 Å². The second-order valence-corrected chi connectivity index (χ2v) is 9.01. The number of fused-ring (bicyclic) bond motifs is 5. The van der Waals surface area contributed by atoms with E-state index in [0.29, 0.717) is 23.7 Å². The number of carbonyl (C=O) groups is 1. The first-order chi connectivity index (χ1) is 12.4. The Hall–Kier alpha value is -1.39. The number of benzene rings is 1. The molecule has 0 unspecified atom stereocenters. The minimum absolute atomic E-state index is 0.209. The van der Waals surface area contributed by atoms with E-state index in [4.69, 9.17) is 14.2 Å². The third-order valence-corrected chi connectivity index (χ3v) is 7.71. The average molecular weight is 358 g/mol. The van der Waals surface area contributed by atoms with Crippen molar-refractivity contribution in [2.45, 2.75) is 65.0 Å². The molecule has 1 aliphatic heterocycles. The number of rotatable bonds is 5. The second-order valence-electron chi connectivity index (χ2n) is 9.01. The van der Waals surface area contributed by atoms with Crippen molar-refractivity contribution in [1.82, 2.24) is 0 Å². The summed E-state index contributed by atoms with van der Waals surface area (Å²) >= 11 is 0. The quantitative estimate of drug-likeness (QED) is 0.747. The summed E-state index contributed by atoms with van der Waals surface area (Å²) in [6.45, 7) is 7.17. The molecule has 3 fully saturated rings. The molecule has 0 amide bonds. The van der Waals surface area contributed by atoms with E-state index in [9.17, 15) is 4.79 Å². The molecule has 1 aromatic carbocycles. The lowest BCUT2D eigenvalue weighted by Gasteiger charge is -2.38. The van der Waals surface area contributed by atoms with Crippen molar-refractivity contribution >= 4 is 5.97 Å². The first kappa shape index (κ1) is 18.0. The highest BCUT2D eigenvalue weighted by atomic mass is 16.7. The minimum Gasteiger partial charge on any atom is -0.467 e. The van der Waals surface area contributed by atoms with Crippen molar-refractivity contribution < 1.29 is 19.0 Å². The standard InChI is InChI=1S/C22H30O4/c1-21(2)16-10-11-22(21,3)19-15(16)13-18(26-19)25-17(20(23)24-4)12-14-8-6-5-7-9-14/h5-9,15-19H,10-13H2,1-4H3/t15-,16-,17-,18-,19-,22+/m1/s1. The molecule has 6 atom stereocenters. The maximum Gasteiger partial charge on any atom is 0.335 e. The Morgan fingerprint density at radius 3 is 2.65 bits per heavy atom. The monoisotopic (exact) mass is 358 g/mol. The van der Waals surface area contributed by atoms with Crippen LogP contribution in [-0.2, 0) is 25.4 Å². The predicted octanol–water partition coefficient (Wildman–Crippen LogP) is 3.97. The average Bonchev–Trinajstić information content (AvgIpc) is 3.19. The highest BCUT2D eigenvalue weighted by Gasteiger charge is 2.69. The molecule has 2 saturated carbocycles. The highest BCUT2D eigenvalue weighted by Crippen LogP contribution is 2.71. The van der Waals surface area contributed by atoms with Gasteiger partial charge in [-0.25, -0.2) is 4.79 Å². The van der Waals surface area contributed by atoms with Crippen LogP contribution in [-0.4, -0.2) is 31.6 Å². The summed E-state index contributed by atoms with van der Waals surface area (Å²) in [4.78, 5) is 12.3. The van der Waals surface area contributed by atoms with Gasteiger partial charge in [-0.15, -0.1) is 0 Å². The third kappa shape index (κ3) is 2.61. The number of hydrogen-bond acceptors (Lipinski definition) is 4. The van der Waals surface area contributed by atoms with Crippen LogP contribution in [0.2, 0.25) is 0 Å². The van der Waals surface area contributed by atoms with Crippen molar-refractivity contribution in [3.05, 3.63) is 35.9 Å². The van der Waals surface area contributed by atoms with Crippen LogP contribution in [0.4, 0.5) is 0 Å². The molecular formula is C22H30O4. The van der Waals surface area contributed by atoms with E-state index >= 15 is 0 Å². The van der Waals surface area contributed by atoms with Gasteiger partial charge in [-0.1, -0.05) is 51.1 Å². The molecule has 2 bridgehead atoms. The minimum atomic E-state index is -0.621. The van der Waals surface area contributed by atoms with Gasteiger partial charge in [-0.2, -0.15) is 0 Å². The van der Waals surface area contributed by atoms with E-state index in [1.54, 1.807) is 0 Å². The number of carbonyl (C=O) groups excluding carboxylic acids is 1. The second kappa shape index (κ2) is 6.35. The van der Waals surface area contributed by atoms with Crippen LogP contribution < -0.4 is 0 Å². The summed E-state index contributed by atoms with van der Waals surface area (Å²) in [5, 5.41) is 0. The number of hydrogen-bond donors (Lipinski definition) is 0. The van der Waals surface area contributed by atoms with Gasteiger partial charge in [-0.3, -0.25) is 0 Å². The lowest BCUT2D eigenvalue weighted by Crippen LogP contribution is -2.39. The molecular weight excluding hydrogens is 328 g/mol. The Balaban J connectivity index is 1.46. The molecule has 4 rings (SSSR count). The Morgan fingerprint density at radius 1 is 1.27 bits per heavy atom. The predicted molar refractivity (Wildman–Crippen MR) is 98.4 cm³/mol. The fourth-order valence-corrected chi connectivity index (χ4v) is 5.90. The molecule has 4 nitrogen and oxygen atoms in total. The van der Waals surface area contributed by atoms with Crippen LogP contribution in [0.1, 0.15) is 45.6 Å². The Kier molecular flexibility index (Phi) is 4.39. The SMILES string of the molecule is COC(=O)[C@@H](Cc1ccccc1)O[C@H]1C[C@@H]2[C@H]3CC[C@@](C)([C@@H]2O1)C3(C)C. The topological polar surface area (TPSA) is 44.8 Å². The summed E-state index contributed by atoms with van der Waals surface area (Å²) in [5.41, 5.74) is 1.59. The molecule has 4 heteroatoms. The lowest BCUT2D eigenvalue weighted by atomic mass is 9.70. The Morgan fingerprint density at radius 2 is 2.00 bits per heavy atom. The summed E-state index contributed by atoms with van der Waals surface area (Å²) in [6.07, 6.45) is 3.22. The zero-order valence-corrected chi connectivity index (χ0v) is 16.2. The fourth-order valence-electron chi connectivity index (χ4n) is 5.90. The first-order valence-electron chi connectivity index (χ1n) is 9.79. The van der Waals surface area contributed by atoms with E-state index in [2.05, 4.69) is 20.8 Å². The zero-order chi connectivity index (χ0) is 18.5. The summed E-state index contributed by atoms with van der Waals surface area (Å²) < 4.78 is 17.5. The molecule has 26 heavy (non-hydrogen) atoms. The lowest BCUT2D eigenvalue weighted by molar-refractivity contribution is -0.199. The zero-order valence-electron chi connectivity index (χ0n) is 16.2. The first-order valence-corrected chi connectivity index (χ1v) is 9.79. The molecule has 0 aromatic heterocycles. The van der Waals surface area contributed by atoms with Crippen molar-refractivity contribution in [3.8, 4) is 0 Å².